The third kappa shape index (κ3) is 2.75. The van der Waals surface area contributed by atoms with Gasteiger partial charge in [0.15, 0.2) is 11.5 Å². The van der Waals surface area contributed by atoms with E-state index in [1.165, 1.54) is 12.1 Å². The number of benzene rings is 2. The normalized spacial score (nSPS) is 15.7. The average molecular weight is 353 g/mol. The highest BCUT2D eigenvalue weighted by Crippen LogP contribution is 2.35. The highest BCUT2D eigenvalue weighted by Gasteiger charge is 2.24. The summed E-state index contributed by atoms with van der Waals surface area (Å²) in [4.78, 5) is 0. The molecule has 2 heterocycles. The van der Waals surface area contributed by atoms with E-state index in [4.69, 9.17) is 9.47 Å². The highest BCUT2D eigenvalue weighted by atomic mass is 19.1. The maximum Gasteiger partial charge on any atom is 0.248 e. The van der Waals surface area contributed by atoms with E-state index in [0.29, 0.717) is 17.4 Å². The molecule has 26 heavy (non-hydrogen) atoms. The van der Waals surface area contributed by atoms with E-state index in [9.17, 15) is 4.39 Å². The molecule has 0 spiro atoms. The Morgan fingerprint density at radius 2 is 1.81 bits per heavy atom. The number of allylic oxidation sites excluding steroid dienone is 1. The van der Waals surface area contributed by atoms with Crippen LogP contribution < -0.4 is 14.8 Å². The molecule has 2 aromatic carbocycles. The summed E-state index contributed by atoms with van der Waals surface area (Å²) < 4.78 is 25.6. The molecule has 0 saturated heterocycles. The number of halogens is 1. The van der Waals surface area contributed by atoms with Crippen molar-refractivity contribution in [1.82, 2.24) is 20.2 Å². The summed E-state index contributed by atoms with van der Waals surface area (Å²) in [7, 11) is 3.18. The molecule has 1 aliphatic heterocycles. The first kappa shape index (κ1) is 16.1. The molecule has 4 rings (SSSR count). The van der Waals surface area contributed by atoms with Gasteiger partial charge in [0.1, 0.15) is 11.9 Å². The maximum atomic E-state index is 13.3. The van der Waals surface area contributed by atoms with Gasteiger partial charge in [-0.05, 0) is 52.4 Å². The summed E-state index contributed by atoms with van der Waals surface area (Å²) >= 11 is 0. The van der Waals surface area contributed by atoms with Crippen LogP contribution in [-0.2, 0) is 0 Å². The molecule has 0 unspecified atom stereocenters. The number of tetrazole rings is 1. The molecule has 0 fully saturated rings. The van der Waals surface area contributed by atoms with Crippen LogP contribution in [0.3, 0.4) is 0 Å². The van der Waals surface area contributed by atoms with E-state index in [1.54, 1.807) is 31.0 Å². The number of aromatic nitrogens is 4. The lowest BCUT2D eigenvalue weighted by molar-refractivity contribution is 0.355. The zero-order chi connectivity index (χ0) is 18.1. The Hall–Kier alpha value is -3.42. The standard InChI is InChI=1S/C18H16FN5O2/c1-25-16-8-5-12(9-17(16)26-2)14-10-15(11-3-6-13(19)7-4-11)24-18(20-14)21-22-23-24/h3-10,15H,1-2H3,(H,20,21,23)/t15-/m1/s1. The maximum absolute atomic E-state index is 13.3. The summed E-state index contributed by atoms with van der Waals surface area (Å²) in [6.45, 7) is 0. The summed E-state index contributed by atoms with van der Waals surface area (Å²) in [5.74, 6) is 1.49. The molecule has 0 amide bonds. The van der Waals surface area contributed by atoms with Gasteiger partial charge in [-0.15, -0.1) is 0 Å². The second-order valence-electron chi connectivity index (χ2n) is 5.72. The van der Waals surface area contributed by atoms with E-state index in [1.807, 2.05) is 24.3 Å². The first-order valence-corrected chi connectivity index (χ1v) is 7.94. The number of fused-ring (bicyclic) bond motifs is 1. The van der Waals surface area contributed by atoms with Crippen LogP contribution in [0.15, 0.2) is 48.5 Å². The number of anilines is 1. The van der Waals surface area contributed by atoms with E-state index in [-0.39, 0.29) is 11.9 Å². The van der Waals surface area contributed by atoms with Gasteiger partial charge in [0.25, 0.3) is 0 Å². The number of nitrogens with zero attached hydrogens (tertiary/aromatic N) is 4. The minimum Gasteiger partial charge on any atom is -0.493 e. The lowest BCUT2D eigenvalue weighted by Crippen LogP contribution is -2.20. The van der Waals surface area contributed by atoms with Crippen LogP contribution in [0.25, 0.3) is 5.70 Å². The Morgan fingerprint density at radius 3 is 2.54 bits per heavy atom. The van der Waals surface area contributed by atoms with Crippen molar-refractivity contribution in [3.8, 4) is 11.5 Å². The topological polar surface area (TPSA) is 74.1 Å². The summed E-state index contributed by atoms with van der Waals surface area (Å²) in [5.41, 5.74) is 2.59. The van der Waals surface area contributed by atoms with Crippen molar-refractivity contribution in [2.24, 2.45) is 0 Å². The quantitative estimate of drug-likeness (QED) is 0.777. The smallest absolute Gasteiger partial charge is 0.248 e. The lowest BCUT2D eigenvalue weighted by atomic mass is 10.0. The van der Waals surface area contributed by atoms with Crippen molar-refractivity contribution in [3.63, 3.8) is 0 Å². The number of ether oxygens (including phenoxy) is 2. The van der Waals surface area contributed by atoms with Gasteiger partial charge in [-0.25, -0.2) is 4.39 Å². The fourth-order valence-corrected chi connectivity index (χ4v) is 2.92. The molecule has 0 aliphatic carbocycles. The first-order chi connectivity index (χ1) is 12.7. The minimum absolute atomic E-state index is 0.259. The van der Waals surface area contributed by atoms with Crippen molar-refractivity contribution in [3.05, 3.63) is 65.5 Å². The van der Waals surface area contributed by atoms with Gasteiger partial charge in [-0.2, -0.15) is 4.68 Å². The molecular weight excluding hydrogens is 337 g/mol. The summed E-state index contributed by atoms with van der Waals surface area (Å²) in [6.07, 6.45) is 1.98. The molecular formula is C18H16FN5O2. The fraction of sp³-hybridized carbons (Fsp3) is 0.167. The third-order valence-corrected chi connectivity index (χ3v) is 4.23. The van der Waals surface area contributed by atoms with Crippen LogP contribution in [0.4, 0.5) is 10.3 Å². The number of hydrogen-bond acceptors (Lipinski definition) is 6. The van der Waals surface area contributed by atoms with Crippen molar-refractivity contribution >= 4 is 11.6 Å². The average Bonchev–Trinajstić information content (AvgIpc) is 3.16. The zero-order valence-electron chi connectivity index (χ0n) is 14.2. The molecule has 0 bridgehead atoms. The highest BCUT2D eigenvalue weighted by molar-refractivity contribution is 5.78. The molecule has 7 nitrogen and oxygen atoms in total. The van der Waals surface area contributed by atoms with Crippen LogP contribution in [0.1, 0.15) is 17.2 Å². The monoisotopic (exact) mass is 353 g/mol. The number of rotatable bonds is 4. The molecule has 1 aromatic heterocycles. The molecule has 3 aromatic rings. The SMILES string of the molecule is COc1ccc(C2=C[C@H](c3ccc(F)cc3)n3nnnc3N2)cc1OC. The predicted molar refractivity (Wildman–Crippen MR) is 93.5 cm³/mol. The molecule has 1 N–H and O–H groups in total. The lowest BCUT2D eigenvalue weighted by Gasteiger charge is -2.23. The van der Waals surface area contributed by atoms with Crippen LogP contribution >= 0.6 is 0 Å². The zero-order valence-corrected chi connectivity index (χ0v) is 14.2. The Morgan fingerprint density at radius 1 is 1.04 bits per heavy atom. The number of hydrogen-bond donors (Lipinski definition) is 1. The molecule has 0 radical (unpaired) electrons. The first-order valence-electron chi connectivity index (χ1n) is 7.94. The van der Waals surface area contributed by atoms with Gasteiger partial charge >= 0.3 is 0 Å². The van der Waals surface area contributed by atoms with Crippen LogP contribution in [-0.4, -0.2) is 34.4 Å². The second kappa shape index (κ2) is 6.47. The molecule has 8 heteroatoms. The van der Waals surface area contributed by atoms with Gasteiger partial charge in [-0.1, -0.05) is 17.2 Å². The van der Waals surface area contributed by atoms with Crippen LogP contribution in [0.2, 0.25) is 0 Å². The number of nitrogens with one attached hydrogen (secondary N) is 1. The van der Waals surface area contributed by atoms with Crippen molar-refractivity contribution in [2.75, 3.05) is 19.5 Å². The van der Waals surface area contributed by atoms with Crippen LogP contribution in [0.5, 0.6) is 11.5 Å². The predicted octanol–water partition coefficient (Wildman–Crippen LogP) is 2.89. The fourth-order valence-electron chi connectivity index (χ4n) is 2.92. The molecule has 1 aliphatic rings. The Balaban J connectivity index is 1.78. The van der Waals surface area contributed by atoms with E-state index in [0.717, 1.165) is 16.8 Å². The Kier molecular flexibility index (Phi) is 4.00. The van der Waals surface area contributed by atoms with Crippen molar-refractivity contribution < 1.29 is 13.9 Å². The Labute approximate surface area is 149 Å². The summed E-state index contributed by atoms with van der Waals surface area (Å²) in [5, 5.41) is 15.0. The van der Waals surface area contributed by atoms with Crippen LogP contribution in [0, 0.1) is 5.82 Å². The van der Waals surface area contributed by atoms with Gasteiger partial charge in [0.05, 0.1) is 14.2 Å². The van der Waals surface area contributed by atoms with E-state index < -0.39 is 0 Å². The molecule has 1 atom stereocenters. The van der Waals surface area contributed by atoms with Crippen molar-refractivity contribution in [1.29, 1.82) is 0 Å². The van der Waals surface area contributed by atoms with E-state index >= 15 is 0 Å². The van der Waals surface area contributed by atoms with Crippen molar-refractivity contribution in [2.45, 2.75) is 6.04 Å². The Bertz CT molecular complexity index is 968. The minimum atomic E-state index is -0.288. The number of methoxy groups -OCH3 is 2. The van der Waals surface area contributed by atoms with Gasteiger partial charge < -0.3 is 14.8 Å². The van der Waals surface area contributed by atoms with Gasteiger partial charge in [0, 0.05) is 11.3 Å². The molecule has 132 valence electrons. The third-order valence-electron chi connectivity index (χ3n) is 4.23. The van der Waals surface area contributed by atoms with Gasteiger partial charge in [-0.3, -0.25) is 0 Å². The summed E-state index contributed by atoms with van der Waals surface area (Å²) in [6, 6.07) is 11.7. The second-order valence-corrected chi connectivity index (χ2v) is 5.72. The van der Waals surface area contributed by atoms with E-state index in [2.05, 4.69) is 20.8 Å². The largest absolute Gasteiger partial charge is 0.493 e. The van der Waals surface area contributed by atoms with Gasteiger partial charge in [0.2, 0.25) is 5.95 Å². The molecule has 0 saturated carbocycles.